The molecule has 2 aliphatic rings. The van der Waals surface area contributed by atoms with Crippen molar-refractivity contribution in [1.29, 1.82) is 0 Å². The van der Waals surface area contributed by atoms with Gasteiger partial charge >= 0.3 is 0 Å². The molecule has 2 rings (SSSR count). The average molecular weight is 232 g/mol. The Balaban J connectivity index is 2.41. The van der Waals surface area contributed by atoms with E-state index < -0.39 is 0 Å². The lowest BCUT2D eigenvalue weighted by atomic mass is 9.79. The van der Waals surface area contributed by atoms with Gasteiger partial charge in [0.05, 0.1) is 5.71 Å². The Labute approximate surface area is 103 Å². The van der Waals surface area contributed by atoms with Crippen molar-refractivity contribution >= 4 is 11.9 Å². The number of nitrogens with two attached hydrogens (primary N) is 1. The maximum Gasteiger partial charge on any atom is 0.150 e. The molecule has 0 spiro atoms. The molecule has 0 aromatic heterocycles. The van der Waals surface area contributed by atoms with Crippen LogP contribution in [0.15, 0.2) is 33.8 Å². The second-order valence-electron chi connectivity index (χ2n) is 5.17. The van der Waals surface area contributed by atoms with Crippen molar-refractivity contribution in [3.8, 4) is 0 Å². The van der Waals surface area contributed by atoms with E-state index in [2.05, 4.69) is 36.9 Å². The Morgan fingerprint density at radius 1 is 1.47 bits per heavy atom. The van der Waals surface area contributed by atoms with Crippen LogP contribution in [-0.4, -0.2) is 23.5 Å². The van der Waals surface area contributed by atoms with Crippen LogP contribution < -0.4 is 5.73 Å². The van der Waals surface area contributed by atoms with Gasteiger partial charge in [0.15, 0.2) is 5.82 Å². The molecular formula is C13H20N4. The SMILES string of the molecule is CC1=CC(CN)=NC2=CC(C)(C(C)C)C=NN12. The Morgan fingerprint density at radius 2 is 2.18 bits per heavy atom. The first-order valence-corrected chi connectivity index (χ1v) is 6.00. The summed E-state index contributed by atoms with van der Waals surface area (Å²) in [7, 11) is 0. The monoisotopic (exact) mass is 232 g/mol. The van der Waals surface area contributed by atoms with Crippen molar-refractivity contribution < 1.29 is 0 Å². The van der Waals surface area contributed by atoms with Crippen LogP contribution in [0.4, 0.5) is 0 Å². The summed E-state index contributed by atoms with van der Waals surface area (Å²) in [6.45, 7) is 9.05. The molecule has 2 N–H and O–H groups in total. The van der Waals surface area contributed by atoms with Crippen LogP contribution in [0.1, 0.15) is 27.7 Å². The molecule has 0 aromatic rings. The minimum atomic E-state index is -0.0351. The van der Waals surface area contributed by atoms with Gasteiger partial charge in [-0.25, -0.2) is 10.0 Å². The lowest BCUT2D eigenvalue weighted by Crippen LogP contribution is -2.33. The summed E-state index contributed by atoms with van der Waals surface area (Å²) in [4.78, 5) is 4.54. The van der Waals surface area contributed by atoms with E-state index in [1.54, 1.807) is 0 Å². The summed E-state index contributed by atoms with van der Waals surface area (Å²) >= 11 is 0. The second kappa shape index (κ2) is 4.11. The van der Waals surface area contributed by atoms with E-state index in [4.69, 9.17) is 5.73 Å². The van der Waals surface area contributed by atoms with Crippen LogP contribution in [0.25, 0.3) is 0 Å². The van der Waals surface area contributed by atoms with Gasteiger partial charge in [0.25, 0.3) is 0 Å². The minimum absolute atomic E-state index is 0.0351. The van der Waals surface area contributed by atoms with Gasteiger partial charge in [0, 0.05) is 23.9 Å². The molecule has 0 fully saturated rings. The number of nitrogens with zero attached hydrogens (tertiary/aromatic N) is 3. The highest BCUT2D eigenvalue weighted by Gasteiger charge is 2.31. The largest absolute Gasteiger partial charge is 0.325 e. The Hall–Kier alpha value is -1.42. The lowest BCUT2D eigenvalue weighted by Gasteiger charge is -2.35. The summed E-state index contributed by atoms with van der Waals surface area (Å²) < 4.78 is 0. The van der Waals surface area contributed by atoms with Crippen LogP contribution in [0.2, 0.25) is 0 Å². The maximum atomic E-state index is 5.66. The van der Waals surface area contributed by atoms with Crippen molar-refractivity contribution in [2.45, 2.75) is 27.7 Å². The van der Waals surface area contributed by atoms with Crippen molar-refractivity contribution in [3.05, 3.63) is 23.7 Å². The predicted molar refractivity (Wildman–Crippen MR) is 71.6 cm³/mol. The molecule has 0 saturated carbocycles. The molecule has 0 amide bonds. The summed E-state index contributed by atoms with van der Waals surface area (Å²) in [6.07, 6.45) is 6.16. The summed E-state index contributed by atoms with van der Waals surface area (Å²) in [5.41, 5.74) is 7.59. The molecule has 4 heteroatoms. The van der Waals surface area contributed by atoms with E-state index in [-0.39, 0.29) is 5.41 Å². The Kier molecular flexibility index (Phi) is 2.91. The molecule has 17 heavy (non-hydrogen) atoms. The quantitative estimate of drug-likeness (QED) is 0.792. The highest BCUT2D eigenvalue weighted by atomic mass is 15.5. The van der Waals surface area contributed by atoms with E-state index in [1.165, 1.54) is 0 Å². The van der Waals surface area contributed by atoms with Crippen molar-refractivity contribution in [2.75, 3.05) is 6.54 Å². The van der Waals surface area contributed by atoms with Crippen LogP contribution in [0, 0.1) is 11.3 Å². The van der Waals surface area contributed by atoms with E-state index >= 15 is 0 Å². The molecule has 0 saturated heterocycles. The highest BCUT2D eigenvalue weighted by molar-refractivity contribution is 5.98. The number of rotatable bonds is 2. The first-order chi connectivity index (χ1) is 7.96. The number of hydrogen-bond acceptors (Lipinski definition) is 4. The number of hydrazone groups is 1. The zero-order chi connectivity index (χ0) is 12.6. The van der Waals surface area contributed by atoms with Crippen LogP contribution in [-0.2, 0) is 0 Å². The molecule has 0 aliphatic carbocycles. The van der Waals surface area contributed by atoms with Gasteiger partial charge in [0.1, 0.15) is 0 Å². The van der Waals surface area contributed by atoms with Gasteiger partial charge in [-0.2, -0.15) is 5.10 Å². The van der Waals surface area contributed by atoms with Gasteiger partial charge in [-0.1, -0.05) is 20.8 Å². The third-order valence-corrected chi connectivity index (χ3v) is 3.53. The number of hydrogen-bond donors (Lipinski definition) is 1. The van der Waals surface area contributed by atoms with Gasteiger partial charge < -0.3 is 5.73 Å². The van der Waals surface area contributed by atoms with E-state index in [9.17, 15) is 0 Å². The van der Waals surface area contributed by atoms with Gasteiger partial charge in [-0.15, -0.1) is 0 Å². The summed E-state index contributed by atoms with van der Waals surface area (Å²) in [6, 6.07) is 0. The first kappa shape index (κ1) is 12.0. The molecule has 1 unspecified atom stereocenters. The van der Waals surface area contributed by atoms with E-state index in [1.807, 2.05) is 24.2 Å². The third-order valence-electron chi connectivity index (χ3n) is 3.53. The van der Waals surface area contributed by atoms with Gasteiger partial charge in [-0.05, 0) is 25.0 Å². The number of fused-ring (bicyclic) bond motifs is 1. The first-order valence-electron chi connectivity index (χ1n) is 6.00. The van der Waals surface area contributed by atoms with Crippen LogP contribution >= 0.6 is 0 Å². The molecule has 2 aliphatic heterocycles. The van der Waals surface area contributed by atoms with Crippen LogP contribution in [0.5, 0.6) is 0 Å². The summed E-state index contributed by atoms with van der Waals surface area (Å²) in [5.74, 6) is 1.38. The molecule has 2 heterocycles. The molecule has 0 radical (unpaired) electrons. The fourth-order valence-corrected chi connectivity index (χ4v) is 1.87. The highest BCUT2D eigenvalue weighted by Crippen LogP contribution is 2.34. The molecule has 1 atom stereocenters. The fourth-order valence-electron chi connectivity index (χ4n) is 1.87. The molecule has 0 bridgehead atoms. The van der Waals surface area contributed by atoms with E-state index in [0.29, 0.717) is 12.5 Å². The number of allylic oxidation sites excluding steroid dienone is 2. The smallest absolute Gasteiger partial charge is 0.150 e. The average Bonchev–Trinajstić information content (AvgIpc) is 2.28. The molecular weight excluding hydrogens is 212 g/mol. The van der Waals surface area contributed by atoms with Crippen molar-refractivity contribution in [2.24, 2.45) is 27.2 Å². The zero-order valence-electron chi connectivity index (χ0n) is 10.9. The van der Waals surface area contributed by atoms with Crippen molar-refractivity contribution in [3.63, 3.8) is 0 Å². The van der Waals surface area contributed by atoms with Gasteiger partial charge in [-0.3, -0.25) is 0 Å². The third kappa shape index (κ3) is 2.05. The van der Waals surface area contributed by atoms with Crippen LogP contribution in [0.3, 0.4) is 0 Å². The lowest BCUT2D eigenvalue weighted by molar-refractivity contribution is 0.358. The summed E-state index contributed by atoms with van der Waals surface area (Å²) in [5, 5.41) is 6.36. The topological polar surface area (TPSA) is 54.0 Å². The second-order valence-corrected chi connectivity index (χ2v) is 5.17. The minimum Gasteiger partial charge on any atom is -0.325 e. The van der Waals surface area contributed by atoms with E-state index in [0.717, 1.165) is 17.2 Å². The van der Waals surface area contributed by atoms with Crippen molar-refractivity contribution in [1.82, 2.24) is 5.01 Å². The molecule has 92 valence electrons. The number of aliphatic imine (C=N–C) groups is 1. The molecule has 4 nitrogen and oxygen atoms in total. The standard InChI is InChI=1S/C13H20N4/c1-9(2)13(4)6-12-16-11(7-14)5-10(3)17(12)15-8-13/h5-6,8-9H,7,14H2,1-4H3. The Morgan fingerprint density at radius 3 is 2.76 bits per heavy atom. The predicted octanol–water partition coefficient (Wildman–Crippen LogP) is 2.11. The Bertz CT molecular complexity index is 442. The maximum absolute atomic E-state index is 5.66. The fraction of sp³-hybridized carbons (Fsp3) is 0.538. The normalized spacial score (nSPS) is 27.6. The van der Waals surface area contributed by atoms with Gasteiger partial charge in [0.2, 0.25) is 0 Å². The molecule has 0 aromatic carbocycles. The zero-order valence-corrected chi connectivity index (χ0v) is 10.9.